The summed E-state index contributed by atoms with van der Waals surface area (Å²) in [6.45, 7) is 0. The molecule has 1 atom stereocenters. The Bertz CT molecular complexity index is 1410. The number of rotatable bonds is 4. The topological polar surface area (TPSA) is 104 Å². The van der Waals surface area contributed by atoms with Crippen molar-refractivity contribution in [2.45, 2.75) is 24.0 Å². The van der Waals surface area contributed by atoms with Crippen LogP contribution in [0.2, 0.25) is 0 Å². The van der Waals surface area contributed by atoms with Gasteiger partial charge in [-0.25, -0.2) is 22.9 Å². The number of aromatic nitrogens is 4. The second-order valence-corrected chi connectivity index (χ2v) is 9.34. The molecular formula is C22H18N4O4S. The van der Waals surface area contributed by atoms with Gasteiger partial charge in [0.2, 0.25) is 15.0 Å². The number of carbonyl (C=O) groups excluding carboxylic acids is 1. The van der Waals surface area contributed by atoms with E-state index in [1.165, 1.54) is 6.20 Å². The van der Waals surface area contributed by atoms with Crippen LogP contribution < -0.4 is 4.74 Å². The van der Waals surface area contributed by atoms with Gasteiger partial charge < -0.3 is 4.74 Å². The van der Waals surface area contributed by atoms with Gasteiger partial charge >= 0.3 is 5.97 Å². The van der Waals surface area contributed by atoms with Gasteiger partial charge in [-0.3, -0.25) is 0 Å². The molecule has 0 saturated heterocycles. The minimum absolute atomic E-state index is 0.148. The van der Waals surface area contributed by atoms with Gasteiger partial charge in [0.15, 0.2) is 5.65 Å². The molecule has 8 nitrogen and oxygen atoms in total. The molecule has 0 fully saturated rings. The van der Waals surface area contributed by atoms with Crippen molar-refractivity contribution in [2.24, 2.45) is 0 Å². The Hall–Kier alpha value is -3.59. The number of esters is 1. The van der Waals surface area contributed by atoms with Gasteiger partial charge in [-0.05, 0) is 36.6 Å². The zero-order valence-corrected chi connectivity index (χ0v) is 17.4. The fourth-order valence-corrected chi connectivity index (χ4v) is 4.40. The summed E-state index contributed by atoms with van der Waals surface area (Å²) < 4.78 is 31.2. The SMILES string of the molecule is CS(=O)(=O)c1ncc2cnn(C3CCc4c(OC(=O)c5ccccc5)cccc43)c2n1. The third-order valence-corrected chi connectivity index (χ3v) is 6.21. The van der Waals surface area contributed by atoms with Gasteiger partial charge in [0.05, 0.1) is 23.2 Å². The summed E-state index contributed by atoms with van der Waals surface area (Å²) in [4.78, 5) is 20.7. The van der Waals surface area contributed by atoms with Crippen LogP contribution in [-0.4, -0.2) is 40.4 Å². The zero-order chi connectivity index (χ0) is 21.6. The van der Waals surface area contributed by atoms with E-state index in [4.69, 9.17) is 4.74 Å². The predicted octanol–water partition coefficient (Wildman–Crippen LogP) is 2.98. The van der Waals surface area contributed by atoms with E-state index < -0.39 is 15.8 Å². The summed E-state index contributed by atoms with van der Waals surface area (Å²) in [6.07, 6.45) is 5.59. The lowest BCUT2D eigenvalue weighted by molar-refractivity contribution is 0.0733. The van der Waals surface area contributed by atoms with Crippen LogP contribution in [0.15, 0.2) is 66.1 Å². The minimum atomic E-state index is -3.54. The zero-order valence-electron chi connectivity index (χ0n) is 16.6. The summed E-state index contributed by atoms with van der Waals surface area (Å²) in [5, 5.41) is 4.88. The van der Waals surface area contributed by atoms with E-state index in [1.807, 2.05) is 18.2 Å². The summed E-state index contributed by atoms with van der Waals surface area (Å²) in [6, 6.07) is 14.3. The Kier molecular flexibility index (Phi) is 4.55. The Morgan fingerprint density at radius 2 is 1.90 bits per heavy atom. The van der Waals surface area contributed by atoms with E-state index in [2.05, 4.69) is 15.1 Å². The lowest BCUT2D eigenvalue weighted by atomic mass is 10.1. The molecule has 5 rings (SSSR count). The Balaban J connectivity index is 1.52. The highest BCUT2D eigenvalue weighted by molar-refractivity contribution is 7.90. The van der Waals surface area contributed by atoms with E-state index in [-0.39, 0.29) is 11.2 Å². The number of hydrogen-bond acceptors (Lipinski definition) is 7. The van der Waals surface area contributed by atoms with E-state index >= 15 is 0 Å². The number of ether oxygens (including phenoxy) is 1. The second kappa shape index (κ2) is 7.28. The standard InChI is InChI=1S/C22H18N4O4S/c1-31(28,29)22-23-12-15-13-24-26(20(15)25-22)18-11-10-17-16(18)8-5-9-19(17)30-21(27)14-6-3-2-4-7-14/h2-9,12-13,18H,10-11H2,1H3. The Morgan fingerprint density at radius 1 is 1.10 bits per heavy atom. The van der Waals surface area contributed by atoms with Crippen molar-refractivity contribution >= 4 is 26.8 Å². The van der Waals surface area contributed by atoms with E-state index in [0.29, 0.717) is 28.8 Å². The predicted molar refractivity (Wildman–Crippen MR) is 113 cm³/mol. The summed E-state index contributed by atoms with van der Waals surface area (Å²) in [5.41, 5.74) is 2.86. The van der Waals surface area contributed by atoms with Gasteiger partial charge in [0, 0.05) is 18.0 Å². The molecule has 0 N–H and O–H groups in total. The molecule has 31 heavy (non-hydrogen) atoms. The average molecular weight is 434 g/mol. The van der Waals surface area contributed by atoms with E-state index in [9.17, 15) is 13.2 Å². The van der Waals surface area contributed by atoms with Crippen LogP contribution >= 0.6 is 0 Å². The molecule has 9 heteroatoms. The van der Waals surface area contributed by atoms with Crippen LogP contribution in [0.25, 0.3) is 11.0 Å². The quantitative estimate of drug-likeness (QED) is 0.276. The molecule has 1 unspecified atom stereocenters. The van der Waals surface area contributed by atoms with Crippen LogP contribution in [0.3, 0.4) is 0 Å². The van der Waals surface area contributed by atoms with E-state index in [1.54, 1.807) is 41.2 Å². The molecule has 156 valence electrons. The van der Waals surface area contributed by atoms with Crippen molar-refractivity contribution in [3.63, 3.8) is 0 Å². The molecule has 2 heterocycles. The average Bonchev–Trinajstić information content (AvgIpc) is 3.37. The third kappa shape index (κ3) is 3.46. The van der Waals surface area contributed by atoms with Crippen molar-refractivity contribution < 1.29 is 17.9 Å². The lowest BCUT2D eigenvalue weighted by Gasteiger charge is -2.14. The van der Waals surface area contributed by atoms with Gasteiger partial charge in [-0.15, -0.1) is 0 Å². The summed E-state index contributed by atoms with van der Waals surface area (Å²) in [7, 11) is -3.54. The smallest absolute Gasteiger partial charge is 0.343 e. The third-order valence-electron chi connectivity index (χ3n) is 5.35. The van der Waals surface area contributed by atoms with Crippen LogP contribution in [0, 0.1) is 0 Å². The molecule has 4 aromatic rings. The van der Waals surface area contributed by atoms with Crippen LogP contribution in [0.4, 0.5) is 0 Å². The summed E-state index contributed by atoms with van der Waals surface area (Å²) in [5.74, 6) is 0.115. The highest BCUT2D eigenvalue weighted by Crippen LogP contribution is 2.40. The lowest BCUT2D eigenvalue weighted by Crippen LogP contribution is -2.12. The fraction of sp³-hybridized carbons (Fsp3) is 0.182. The van der Waals surface area contributed by atoms with Crippen LogP contribution in [0.1, 0.15) is 33.9 Å². The van der Waals surface area contributed by atoms with Crippen LogP contribution in [-0.2, 0) is 16.3 Å². The molecule has 0 radical (unpaired) electrons. The Morgan fingerprint density at radius 3 is 2.68 bits per heavy atom. The molecule has 2 aromatic heterocycles. The molecule has 2 aromatic carbocycles. The molecule has 0 amide bonds. The first-order valence-electron chi connectivity index (χ1n) is 9.71. The van der Waals surface area contributed by atoms with Gasteiger partial charge in [-0.2, -0.15) is 10.1 Å². The number of sulfone groups is 1. The van der Waals surface area contributed by atoms with Crippen molar-refractivity contribution in [1.29, 1.82) is 0 Å². The normalized spacial score (nSPS) is 15.7. The maximum atomic E-state index is 12.5. The molecule has 0 bridgehead atoms. The first-order valence-corrected chi connectivity index (χ1v) is 11.6. The first-order chi connectivity index (χ1) is 14.9. The molecule has 0 saturated carbocycles. The molecule has 0 spiro atoms. The van der Waals surface area contributed by atoms with Gasteiger partial charge in [0.1, 0.15) is 5.75 Å². The van der Waals surface area contributed by atoms with Crippen molar-refractivity contribution in [1.82, 2.24) is 19.7 Å². The van der Waals surface area contributed by atoms with Gasteiger partial charge in [0.25, 0.3) is 0 Å². The van der Waals surface area contributed by atoms with Crippen molar-refractivity contribution in [3.05, 3.63) is 77.6 Å². The highest BCUT2D eigenvalue weighted by atomic mass is 32.2. The maximum Gasteiger partial charge on any atom is 0.343 e. The highest BCUT2D eigenvalue weighted by Gasteiger charge is 2.30. The van der Waals surface area contributed by atoms with Crippen LogP contribution in [0.5, 0.6) is 5.75 Å². The number of hydrogen-bond donors (Lipinski definition) is 0. The second-order valence-electron chi connectivity index (χ2n) is 7.43. The number of benzene rings is 2. The first kappa shape index (κ1) is 19.4. The molecular weight excluding hydrogens is 416 g/mol. The van der Waals surface area contributed by atoms with E-state index in [0.717, 1.165) is 23.8 Å². The number of carbonyl (C=O) groups is 1. The number of fused-ring (bicyclic) bond motifs is 2. The molecule has 1 aliphatic rings. The van der Waals surface area contributed by atoms with Crippen molar-refractivity contribution in [3.8, 4) is 5.75 Å². The molecule has 0 aliphatic heterocycles. The largest absolute Gasteiger partial charge is 0.423 e. The Labute approximate surface area is 178 Å². The fourth-order valence-electron chi connectivity index (χ4n) is 3.91. The van der Waals surface area contributed by atoms with Crippen molar-refractivity contribution in [2.75, 3.05) is 6.26 Å². The number of nitrogens with zero attached hydrogens (tertiary/aromatic N) is 4. The molecule has 1 aliphatic carbocycles. The summed E-state index contributed by atoms with van der Waals surface area (Å²) >= 11 is 0. The monoisotopic (exact) mass is 434 g/mol. The van der Waals surface area contributed by atoms with Gasteiger partial charge in [-0.1, -0.05) is 30.3 Å². The minimum Gasteiger partial charge on any atom is -0.423 e. The maximum absolute atomic E-state index is 12.5.